The molecule has 0 fully saturated rings. The maximum atomic E-state index is 2.46. The van der Waals surface area contributed by atoms with Gasteiger partial charge in [-0.3, -0.25) is 0 Å². The second-order valence-electron chi connectivity index (χ2n) is 10.1. The van der Waals surface area contributed by atoms with Gasteiger partial charge in [0.05, 0.1) is 16.7 Å². The number of para-hydroxylation sites is 1. The number of benzene rings is 7. The number of thiophene rings is 1. The van der Waals surface area contributed by atoms with E-state index >= 15 is 0 Å². The van der Waals surface area contributed by atoms with Crippen molar-refractivity contribution >= 4 is 85.6 Å². The fourth-order valence-electron chi connectivity index (χ4n) is 6.54. The number of hydrogen-bond donors (Lipinski definition) is 0. The Hall–Kier alpha value is -4.66. The molecule has 2 heteroatoms. The highest BCUT2D eigenvalue weighted by Gasteiger charge is 2.18. The summed E-state index contributed by atoms with van der Waals surface area (Å²) in [5.41, 5.74) is 3.71. The average Bonchev–Trinajstić information content (AvgIpc) is 3.52. The van der Waals surface area contributed by atoms with Gasteiger partial charge in [-0.2, -0.15) is 0 Å². The van der Waals surface area contributed by atoms with Gasteiger partial charge in [0.1, 0.15) is 0 Å². The minimum Gasteiger partial charge on any atom is -0.309 e. The summed E-state index contributed by atoms with van der Waals surface area (Å²) in [6, 6.07) is 46.9. The van der Waals surface area contributed by atoms with E-state index in [1.165, 1.54) is 80.0 Å². The molecule has 0 aliphatic carbocycles. The molecule has 0 aliphatic heterocycles. The number of rotatable bonds is 1. The van der Waals surface area contributed by atoms with Crippen molar-refractivity contribution in [1.82, 2.24) is 4.57 Å². The van der Waals surface area contributed by atoms with Crippen molar-refractivity contribution in [3.05, 3.63) is 127 Å². The van der Waals surface area contributed by atoms with Gasteiger partial charge in [-0.25, -0.2) is 0 Å². The van der Waals surface area contributed by atoms with Gasteiger partial charge < -0.3 is 4.57 Å². The summed E-state index contributed by atoms with van der Waals surface area (Å²) in [7, 11) is 0. The first-order valence-corrected chi connectivity index (χ1v) is 13.9. The smallest absolute Gasteiger partial charge is 0.0547 e. The van der Waals surface area contributed by atoms with Crippen LogP contribution in [0, 0.1) is 0 Å². The lowest BCUT2D eigenvalue weighted by Crippen LogP contribution is -1.95. The molecule has 0 spiro atoms. The Balaban J connectivity index is 1.48. The summed E-state index contributed by atoms with van der Waals surface area (Å²) >= 11 is 1.91. The van der Waals surface area contributed by atoms with E-state index in [1.54, 1.807) is 0 Å². The Kier molecular flexibility index (Phi) is 3.99. The molecule has 0 N–H and O–H groups in total. The zero-order valence-electron chi connectivity index (χ0n) is 20.5. The molecule has 7 aromatic carbocycles. The quantitative estimate of drug-likeness (QED) is 0.198. The summed E-state index contributed by atoms with van der Waals surface area (Å²) < 4.78 is 5.18. The summed E-state index contributed by atoms with van der Waals surface area (Å²) in [5, 5.41) is 13.2. The number of aromatic nitrogens is 1. The standard InChI is InChI=1S/C36H21NS/c1-2-10-24-22(8-1)9-7-14-30(24)37-31-13-5-3-12-29(31)35-27-18-16-23-17-19-28-25-11-4-6-15-33(25)38-36(28)34(23)26(27)20-21-32(35)37/h1-21H. The number of nitrogens with zero attached hydrogens (tertiary/aromatic N) is 1. The molecule has 38 heavy (non-hydrogen) atoms. The van der Waals surface area contributed by atoms with Gasteiger partial charge >= 0.3 is 0 Å². The molecular weight excluding hydrogens is 478 g/mol. The van der Waals surface area contributed by atoms with Crippen LogP contribution in [0.1, 0.15) is 0 Å². The van der Waals surface area contributed by atoms with Crippen molar-refractivity contribution < 1.29 is 0 Å². The van der Waals surface area contributed by atoms with Crippen LogP contribution in [0.4, 0.5) is 0 Å². The molecule has 9 rings (SSSR count). The van der Waals surface area contributed by atoms with Gasteiger partial charge in [0.25, 0.3) is 0 Å². The van der Waals surface area contributed by atoms with Crippen LogP contribution in [0.5, 0.6) is 0 Å². The number of hydrogen-bond acceptors (Lipinski definition) is 1. The van der Waals surface area contributed by atoms with Crippen LogP contribution in [-0.4, -0.2) is 4.57 Å². The summed E-state index contributed by atoms with van der Waals surface area (Å²) in [4.78, 5) is 0. The van der Waals surface area contributed by atoms with Gasteiger partial charge in [-0.05, 0) is 45.8 Å². The molecule has 0 amide bonds. The molecule has 9 aromatic rings. The monoisotopic (exact) mass is 499 g/mol. The van der Waals surface area contributed by atoms with Crippen molar-refractivity contribution in [3.63, 3.8) is 0 Å². The van der Waals surface area contributed by atoms with Crippen LogP contribution in [0.15, 0.2) is 127 Å². The van der Waals surface area contributed by atoms with Crippen LogP contribution < -0.4 is 0 Å². The third kappa shape index (κ3) is 2.60. The molecule has 176 valence electrons. The first kappa shape index (κ1) is 20.4. The lowest BCUT2D eigenvalue weighted by atomic mass is 9.97. The second kappa shape index (κ2) is 7.44. The SMILES string of the molecule is c1ccc2c(-n3c4ccccc4c4c5ccc6ccc7c8ccccc8sc7c6c5ccc43)cccc2c1. The minimum absolute atomic E-state index is 1.22. The Labute approximate surface area is 222 Å². The normalized spacial score (nSPS) is 12.2. The van der Waals surface area contributed by atoms with E-state index in [1.807, 2.05) is 11.3 Å². The van der Waals surface area contributed by atoms with E-state index in [0.717, 1.165) is 0 Å². The van der Waals surface area contributed by atoms with Crippen molar-refractivity contribution in [1.29, 1.82) is 0 Å². The van der Waals surface area contributed by atoms with E-state index in [0.29, 0.717) is 0 Å². The first-order chi connectivity index (χ1) is 18.9. The number of fused-ring (bicyclic) bond motifs is 12. The summed E-state index contributed by atoms with van der Waals surface area (Å²) in [6.07, 6.45) is 0. The maximum absolute atomic E-state index is 2.46. The topological polar surface area (TPSA) is 4.93 Å². The van der Waals surface area contributed by atoms with E-state index in [-0.39, 0.29) is 0 Å². The largest absolute Gasteiger partial charge is 0.309 e. The predicted octanol–water partition coefficient (Wildman–Crippen LogP) is 10.6. The molecule has 0 saturated carbocycles. The fraction of sp³-hybridized carbons (Fsp3) is 0. The summed E-state index contributed by atoms with van der Waals surface area (Å²) in [6.45, 7) is 0. The molecule has 0 saturated heterocycles. The van der Waals surface area contributed by atoms with Crippen LogP contribution in [0.3, 0.4) is 0 Å². The van der Waals surface area contributed by atoms with E-state index in [9.17, 15) is 0 Å². The van der Waals surface area contributed by atoms with E-state index in [2.05, 4.69) is 132 Å². The van der Waals surface area contributed by atoms with E-state index < -0.39 is 0 Å². The Morgan fingerprint density at radius 3 is 2.00 bits per heavy atom. The van der Waals surface area contributed by atoms with Gasteiger partial charge in [0.2, 0.25) is 0 Å². The van der Waals surface area contributed by atoms with Crippen molar-refractivity contribution in [2.75, 3.05) is 0 Å². The van der Waals surface area contributed by atoms with Crippen LogP contribution >= 0.6 is 11.3 Å². The highest BCUT2D eigenvalue weighted by molar-refractivity contribution is 7.26. The third-order valence-corrected chi connectivity index (χ3v) is 9.37. The van der Waals surface area contributed by atoms with Crippen molar-refractivity contribution in [3.8, 4) is 5.69 Å². The van der Waals surface area contributed by atoms with Gasteiger partial charge in [0.15, 0.2) is 0 Å². The van der Waals surface area contributed by atoms with Gasteiger partial charge in [0, 0.05) is 41.7 Å². The summed E-state index contributed by atoms with van der Waals surface area (Å²) in [5.74, 6) is 0. The average molecular weight is 500 g/mol. The van der Waals surface area contributed by atoms with E-state index in [4.69, 9.17) is 0 Å². The zero-order valence-corrected chi connectivity index (χ0v) is 21.3. The lowest BCUT2D eigenvalue weighted by molar-refractivity contribution is 1.20. The van der Waals surface area contributed by atoms with Gasteiger partial charge in [-0.1, -0.05) is 103 Å². The third-order valence-electron chi connectivity index (χ3n) is 8.16. The first-order valence-electron chi connectivity index (χ1n) is 13.0. The molecule has 0 radical (unpaired) electrons. The highest BCUT2D eigenvalue weighted by Crippen LogP contribution is 2.44. The maximum Gasteiger partial charge on any atom is 0.0547 e. The molecule has 0 atom stereocenters. The highest BCUT2D eigenvalue weighted by atomic mass is 32.1. The molecule has 1 nitrogen and oxygen atoms in total. The molecule has 0 aliphatic rings. The molecule has 2 heterocycles. The lowest BCUT2D eigenvalue weighted by Gasteiger charge is -2.12. The molecule has 0 unspecified atom stereocenters. The zero-order chi connectivity index (χ0) is 24.8. The second-order valence-corrected chi connectivity index (χ2v) is 11.2. The molecule has 2 aromatic heterocycles. The Morgan fingerprint density at radius 1 is 0.395 bits per heavy atom. The van der Waals surface area contributed by atoms with Crippen molar-refractivity contribution in [2.24, 2.45) is 0 Å². The fourth-order valence-corrected chi connectivity index (χ4v) is 7.81. The minimum atomic E-state index is 1.22. The molecule has 0 bridgehead atoms. The molecular formula is C36H21NS. The van der Waals surface area contributed by atoms with Crippen LogP contribution in [0.25, 0.3) is 80.0 Å². The Bertz CT molecular complexity index is 2400. The van der Waals surface area contributed by atoms with Crippen molar-refractivity contribution in [2.45, 2.75) is 0 Å². The van der Waals surface area contributed by atoms with Gasteiger partial charge in [-0.15, -0.1) is 11.3 Å². The Morgan fingerprint density at radius 2 is 1.08 bits per heavy atom. The van der Waals surface area contributed by atoms with Crippen LogP contribution in [-0.2, 0) is 0 Å². The predicted molar refractivity (Wildman–Crippen MR) is 166 cm³/mol. The van der Waals surface area contributed by atoms with Crippen LogP contribution in [0.2, 0.25) is 0 Å².